The van der Waals surface area contributed by atoms with E-state index < -0.39 is 4.92 Å². The smallest absolute Gasteiger partial charge is 0.305 e. The van der Waals surface area contributed by atoms with Gasteiger partial charge >= 0.3 is 5.69 Å². The topological polar surface area (TPSA) is 90.2 Å². The lowest BCUT2D eigenvalue weighted by Gasteiger charge is -2.14. The monoisotopic (exact) mass is 300 g/mol. The first kappa shape index (κ1) is 14.2. The Bertz CT molecular complexity index is 654. The second-order valence-electron chi connectivity index (χ2n) is 5.20. The number of rotatable bonds is 5. The van der Waals surface area contributed by atoms with Crippen molar-refractivity contribution in [2.24, 2.45) is 0 Å². The molecule has 1 fully saturated rings. The summed E-state index contributed by atoms with van der Waals surface area (Å²) in [5, 5.41) is 13.6. The van der Waals surface area contributed by atoms with Gasteiger partial charge in [0, 0.05) is 11.8 Å². The van der Waals surface area contributed by atoms with E-state index in [-0.39, 0.29) is 5.69 Å². The van der Waals surface area contributed by atoms with Gasteiger partial charge in [0.05, 0.1) is 11.0 Å². The molecular weight excluding hydrogens is 284 g/mol. The van der Waals surface area contributed by atoms with Gasteiger partial charge in [-0.3, -0.25) is 10.1 Å². The third-order valence-electron chi connectivity index (χ3n) is 3.54. The molecule has 0 radical (unpaired) electrons. The molecular formula is C15H16N4O3. The lowest BCUT2D eigenvalue weighted by atomic mass is 10.2. The van der Waals surface area contributed by atoms with Crippen LogP contribution in [0.25, 0.3) is 0 Å². The van der Waals surface area contributed by atoms with Gasteiger partial charge in [-0.1, -0.05) is 6.07 Å². The third-order valence-corrected chi connectivity index (χ3v) is 3.54. The summed E-state index contributed by atoms with van der Waals surface area (Å²) >= 11 is 0. The fourth-order valence-corrected chi connectivity index (χ4v) is 2.45. The molecule has 0 aliphatic heterocycles. The fraction of sp³-hybridized carbons (Fsp3) is 0.333. The summed E-state index contributed by atoms with van der Waals surface area (Å²) in [6.07, 6.45) is 7.29. The van der Waals surface area contributed by atoms with E-state index in [1.807, 2.05) is 24.3 Å². The van der Waals surface area contributed by atoms with Crippen LogP contribution >= 0.6 is 0 Å². The maximum atomic E-state index is 10.6. The van der Waals surface area contributed by atoms with Crippen molar-refractivity contribution < 1.29 is 9.66 Å². The molecule has 0 bridgehead atoms. The Kier molecular flexibility index (Phi) is 4.13. The van der Waals surface area contributed by atoms with Crippen LogP contribution in [0.1, 0.15) is 25.7 Å². The number of nitrogens with one attached hydrogen (secondary N) is 1. The van der Waals surface area contributed by atoms with E-state index in [2.05, 4.69) is 15.3 Å². The van der Waals surface area contributed by atoms with Crippen molar-refractivity contribution in [3.63, 3.8) is 0 Å². The van der Waals surface area contributed by atoms with Crippen LogP contribution < -0.4 is 10.1 Å². The third kappa shape index (κ3) is 3.49. The van der Waals surface area contributed by atoms with Gasteiger partial charge in [-0.2, -0.15) is 0 Å². The molecule has 0 atom stereocenters. The molecule has 114 valence electrons. The van der Waals surface area contributed by atoms with E-state index in [0.29, 0.717) is 12.1 Å². The summed E-state index contributed by atoms with van der Waals surface area (Å²) < 4.78 is 5.93. The summed E-state index contributed by atoms with van der Waals surface area (Å²) in [4.78, 5) is 17.9. The molecule has 1 aliphatic rings. The number of nitro groups is 1. The number of aromatic nitrogens is 2. The molecule has 22 heavy (non-hydrogen) atoms. The Labute approximate surface area is 127 Å². The molecule has 0 amide bonds. The van der Waals surface area contributed by atoms with E-state index in [0.717, 1.165) is 24.3 Å². The first-order valence-electron chi connectivity index (χ1n) is 7.21. The average Bonchev–Trinajstić information content (AvgIpc) is 3.01. The number of benzene rings is 1. The summed E-state index contributed by atoms with van der Waals surface area (Å²) in [6.45, 7) is 0. The van der Waals surface area contributed by atoms with E-state index in [9.17, 15) is 10.1 Å². The van der Waals surface area contributed by atoms with Gasteiger partial charge < -0.3 is 10.1 Å². The van der Waals surface area contributed by atoms with E-state index >= 15 is 0 Å². The second kappa shape index (κ2) is 6.38. The number of anilines is 2. The molecule has 7 nitrogen and oxygen atoms in total. The molecule has 0 unspecified atom stereocenters. The lowest BCUT2D eigenvalue weighted by molar-refractivity contribution is -0.385. The van der Waals surface area contributed by atoms with Gasteiger partial charge in [0.25, 0.3) is 0 Å². The highest BCUT2D eigenvalue weighted by atomic mass is 16.6. The molecule has 2 aromatic rings. The molecule has 1 aromatic heterocycles. The molecule has 1 N–H and O–H groups in total. The molecule has 0 saturated heterocycles. The van der Waals surface area contributed by atoms with Crippen LogP contribution in [0.5, 0.6) is 5.75 Å². The maximum absolute atomic E-state index is 10.6. The van der Waals surface area contributed by atoms with Crippen LogP contribution in [0.3, 0.4) is 0 Å². The number of hydrogen-bond acceptors (Lipinski definition) is 6. The zero-order valence-electron chi connectivity index (χ0n) is 11.9. The van der Waals surface area contributed by atoms with Crippen LogP contribution in [-0.2, 0) is 0 Å². The highest BCUT2D eigenvalue weighted by Gasteiger charge is 2.16. The lowest BCUT2D eigenvalue weighted by Crippen LogP contribution is -2.10. The maximum Gasteiger partial charge on any atom is 0.305 e. The molecule has 7 heteroatoms. The first-order chi connectivity index (χ1) is 10.7. The predicted octanol–water partition coefficient (Wildman–Crippen LogP) is 3.45. The highest BCUT2D eigenvalue weighted by molar-refractivity contribution is 5.56. The largest absolute Gasteiger partial charge is 0.490 e. The first-order valence-corrected chi connectivity index (χ1v) is 7.21. The van der Waals surface area contributed by atoms with Gasteiger partial charge in [-0.15, -0.1) is 0 Å². The quantitative estimate of drug-likeness (QED) is 0.672. The molecule has 1 saturated carbocycles. The molecule has 1 heterocycles. The molecule has 3 rings (SSSR count). The van der Waals surface area contributed by atoms with E-state index in [4.69, 9.17) is 4.74 Å². The van der Waals surface area contributed by atoms with Crippen LogP contribution in [0.2, 0.25) is 0 Å². The van der Waals surface area contributed by atoms with Crippen molar-refractivity contribution in [1.82, 2.24) is 9.97 Å². The van der Waals surface area contributed by atoms with Crippen molar-refractivity contribution >= 4 is 17.3 Å². The van der Waals surface area contributed by atoms with Crippen LogP contribution in [0.15, 0.2) is 36.7 Å². The van der Waals surface area contributed by atoms with Gasteiger partial charge in [-0.25, -0.2) is 9.97 Å². The Morgan fingerprint density at radius 2 is 1.95 bits per heavy atom. The zero-order chi connectivity index (χ0) is 15.4. The standard InChI is InChI=1S/C15H16N4O3/c20-19(21)12-9-16-15(17-10-12)18-11-4-3-7-14(8-11)22-13-5-1-2-6-13/h3-4,7-10,13H,1-2,5-6H2,(H,16,17,18). The Hall–Kier alpha value is -2.70. The number of hydrogen-bond donors (Lipinski definition) is 1. The van der Waals surface area contributed by atoms with Gasteiger partial charge in [0.2, 0.25) is 5.95 Å². The number of ether oxygens (including phenoxy) is 1. The van der Waals surface area contributed by atoms with E-state index in [1.165, 1.54) is 25.2 Å². The summed E-state index contributed by atoms with van der Waals surface area (Å²) in [7, 11) is 0. The normalized spacial score (nSPS) is 14.7. The van der Waals surface area contributed by atoms with Crippen LogP contribution in [-0.4, -0.2) is 21.0 Å². The summed E-state index contributed by atoms with van der Waals surface area (Å²) in [6, 6.07) is 7.55. The van der Waals surface area contributed by atoms with Crippen LogP contribution in [0, 0.1) is 10.1 Å². The zero-order valence-corrected chi connectivity index (χ0v) is 11.9. The Morgan fingerprint density at radius 1 is 1.23 bits per heavy atom. The number of nitrogens with zero attached hydrogens (tertiary/aromatic N) is 3. The van der Waals surface area contributed by atoms with Crippen molar-refractivity contribution in [2.45, 2.75) is 31.8 Å². The molecule has 0 spiro atoms. The predicted molar refractivity (Wildman–Crippen MR) is 81.3 cm³/mol. The van der Waals surface area contributed by atoms with Gasteiger partial charge in [-0.05, 0) is 37.8 Å². The SMILES string of the molecule is O=[N+]([O-])c1cnc(Nc2cccc(OC3CCCC3)c2)nc1. The molecule has 1 aliphatic carbocycles. The van der Waals surface area contributed by atoms with Gasteiger partial charge in [0.15, 0.2) is 0 Å². The second-order valence-corrected chi connectivity index (χ2v) is 5.20. The average molecular weight is 300 g/mol. The van der Waals surface area contributed by atoms with Crippen molar-refractivity contribution in [2.75, 3.05) is 5.32 Å². The van der Waals surface area contributed by atoms with Crippen molar-refractivity contribution in [1.29, 1.82) is 0 Å². The van der Waals surface area contributed by atoms with Crippen LogP contribution in [0.4, 0.5) is 17.3 Å². The highest BCUT2D eigenvalue weighted by Crippen LogP contribution is 2.26. The fourth-order valence-electron chi connectivity index (χ4n) is 2.45. The van der Waals surface area contributed by atoms with Gasteiger partial charge in [0.1, 0.15) is 18.1 Å². The summed E-state index contributed by atoms with van der Waals surface area (Å²) in [5.74, 6) is 1.11. The minimum Gasteiger partial charge on any atom is -0.490 e. The molecule has 1 aromatic carbocycles. The van der Waals surface area contributed by atoms with Crippen molar-refractivity contribution in [3.8, 4) is 5.75 Å². The minimum absolute atomic E-state index is 0.135. The summed E-state index contributed by atoms with van der Waals surface area (Å²) in [5.41, 5.74) is 0.646. The van der Waals surface area contributed by atoms with Crippen molar-refractivity contribution in [3.05, 3.63) is 46.8 Å². The Morgan fingerprint density at radius 3 is 2.64 bits per heavy atom. The minimum atomic E-state index is -0.528. The van der Waals surface area contributed by atoms with E-state index in [1.54, 1.807) is 0 Å². The Balaban J connectivity index is 1.67.